The fourth-order valence-corrected chi connectivity index (χ4v) is 6.59. The molecule has 0 fully saturated rings. The van der Waals surface area contributed by atoms with Crippen molar-refractivity contribution in [2.75, 3.05) is 10.8 Å². The molecule has 0 aromatic heterocycles. The Balaban J connectivity index is 2.14. The van der Waals surface area contributed by atoms with Crippen LogP contribution in [0.25, 0.3) is 0 Å². The Labute approximate surface area is 263 Å². The summed E-state index contributed by atoms with van der Waals surface area (Å²) in [5.74, 6) is -0.956. The van der Waals surface area contributed by atoms with Gasteiger partial charge in [-0.3, -0.25) is 13.9 Å². The third-order valence-corrected chi connectivity index (χ3v) is 10.1. The van der Waals surface area contributed by atoms with Crippen LogP contribution < -0.4 is 9.62 Å². The number of hydrogen-bond acceptors (Lipinski definition) is 4. The zero-order valence-corrected chi connectivity index (χ0v) is 27.4. The van der Waals surface area contributed by atoms with E-state index in [9.17, 15) is 18.0 Å². The van der Waals surface area contributed by atoms with Gasteiger partial charge in [0.15, 0.2) is 0 Å². The highest BCUT2D eigenvalue weighted by atomic mass is 35.5. The van der Waals surface area contributed by atoms with Crippen molar-refractivity contribution in [1.29, 1.82) is 0 Å². The van der Waals surface area contributed by atoms with Gasteiger partial charge in [-0.1, -0.05) is 78.5 Å². The number of aryl methyl sites for hydroxylation is 1. The maximum atomic E-state index is 14.3. The molecule has 0 aliphatic heterocycles. The Hall–Kier alpha value is -2.78. The molecule has 0 saturated carbocycles. The molecule has 3 aromatic rings. The van der Waals surface area contributed by atoms with Gasteiger partial charge in [0.05, 0.1) is 10.6 Å². The topological polar surface area (TPSA) is 86.8 Å². The predicted octanol–water partition coefficient (Wildman–Crippen LogP) is 7.18. The molecule has 226 valence electrons. The molecule has 3 rings (SSSR count). The lowest BCUT2D eigenvalue weighted by atomic mass is 10.1. The van der Waals surface area contributed by atoms with Gasteiger partial charge >= 0.3 is 0 Å². The van der Waals surface area contributed by atoms with Crippen molar-refractivity contribution in [2.45, 2.75) is 71.0 Å². The second kappa shape index (κ2) is 14.6. The number of carbonyl (C=O) groups excluding carboxylic acids is 2. The summed E-state index contributed by atoms with van der Waals surface area (Å²) in [6.45, 7) is 8.46. The van der Waals surface area contributed by atoms with Crippen molar-refractivity contribution in [3.8, 4) is 0 Å². The molecule has 42 heavy (non-hydrogen) atoms. The number of rotatable bonds is 12. The highest BCUT2D eigenvalue weighted by molar-refractivity contribution is 7.92. The normalized spacial score (nSPS) is 12.9. The smallest absolute Gasteiger partial charge is 0.264 e. The van der Waals surface area contributed by atoms with Crippen molar-refractivity contribution >= 4 is 62.3 Å². The van der Waals surface area contributed by atoms with Crippen LogP contribution in [0.1, 0.15) is 50.3 Å². The van der Waals surface area contributed by atoms with Crippen LogP contribution in [0.15, 0.2) is 65.6 Å². The van der Waals surface area contributed by atoms with E-state index in [1.54, 1.807) is 62.4 Å². The van der Waals surface area contributed by atoms with Gasteiger partial charge in [-0.05, 0) is 75.6 Å². The summed E-state index contributed by atoms with van der Waals surface area (Å²) in [6, 6.07) is 15.2. The first-order valence-corrected chi connectivity index (χ1v) is 16.3. The molecule has 7 nitrogen and oxygen atoms in total. The lowest BCUT2D eigenvalue weighted by Gasteiger charge is -2.34. The van der Waals surface area contributed by atoms with E-state index in [1.165, 1.54) is 17.0 Å². The Bertz CT molecular complexity index is 1510. The van der Waals surface area contributed by atoms with Crippen molar-refractivity contribution in [1.82, 2.24) is 10.2 Å². The molecule has 11 heteroatoms. The molecule has 0 bridgehead atoms. The molecule has 0 spiro atoms. The van der Waals surface area contributed by atoms with Crippen LogP contribution in [0, 0.1) is 13.8 Å². The fourth-order valence-electron chi connectivity index (χ4n) is 4.43. The van der Waals surface area contributed by atoms with Gasteiger partial charge in [-0.25, -0.2) is 8.42 Å². The molecule has 0 aliphatic carbocycles. The number of nitrogens with zero attached hydrogens (tertiary/aromatic N) is 2. The molecule has 0 radical (unpaired) electrons. The lowest BCUT2D eigenvalue weighted by Crippen LogP contribution is -2.53. The summed E-state index contributed by atoms with van der Waals surface area (Å²) in [7, 11) is -4.23. The number of sulfonamides is 1. The van der Waals surface area contributed by atoms with Crippen LogP contribution in [-0.4, -0.2) is 43.8 Å². The minimum atomic E-state index is -4.23. The Morgan fingerprint density at radius 1 is 0.857 bits per heavy atom. The SMILES string of the molecule is CC[C@@H](C)NC(=O)[C@H](CC)N(Cc1c(Cl)cccc1Cl)C(=O)CN(c1cccc(Cl)c1C)S(=O)(=O)c1ccc(C)cc1. The summed E-state index contributed by atoms with van der Waals surface area (Å²) in [4.78, 5) is 29.1. The Morgan fingerprint density at radius 2 is 1.43 bits per heavy atom. The fraction of sp³-hybridized carbons (Fsp3) is 0.355. The monoisotopic (exact) mass is 651 g/mol. The number of hydrogen-bond donors (Lipinski definition) is 1. The minimum absolute atomic E-state index is 0.0162. The molecule has 0 saturated heterocycles. The number of benzene rings is 3. The van der Waals surface area contributed by atoms with Crippen LogP contribution in [0.5, 0.6) is 0 Å². The number of carbonyl (C=O) groups is 2. The van der Waals surface area contributed by atoms with Crippen molar-refractivity contribution in [3.63, 3.8) is 0 Å². The average molecular weight is 653 g/mol. The second-order valence-corrected chi connectivity index (χ2v) is 13.3. The molecule has 2 atom stereocenters. The quantitative estimate of drug-likeness (QED) is 0.225. The average Bonchev–Trinajstić information content (AvgIpc) is 2.94. The van der Waals surface area contributed by atoms with Crippen LogP contribution in [0.3, 0.4) is 0 Å². The predicted molar refractivity (Wildman–Crippen MR) is 171 cm³/mol. The second-order valence-electron chi connectivity index (χ2n) is 10.2. The summed E-state index contributed by atoms with van der Waals surface area (Å²) < 4.78 is 29.2. The standard InChI is InChI=1S/C31H36Cl3N3O4S/c1-6-21(4)35-31(39)28(7-2)36(18-24-26(33)11-8-12-27(24)34)30(38)19-37(29-13-9-10-25(32)22(29)5)42(40,41)23-16-14-20(3)15-17-23/h8-17,21,28H,6-7,18-19H2,1-5H3,(H,35,39)/t21-,28+/m1/s1. The molecule has 3 aromatic carbocycles. The molecular weight excluding hydrogens is 617 g/mol. The minimum Gasteiger partial charge on any atom is -0.352 e. The van der Waals surface area contributed by atoms with E-state index in [-0.39, 0.29) is 35.5 Å². The number of nitrogens with one attached hydrogen (secondary N) is 1. The molecule has 1 N–H and O–H groups in total. The van der Waals surface area contributed by atoms with Gasteiger partial charge in [0, 0.05) is 33.2 Å². The third kappa shape index (κ3) is 7.78. The van der Waals surface area contributed by atoms with E-state index >= 15 is 0 Å². The Morgan fingerprint density at radius 3 is 2.00 bits per heavy atom. The van der Waals surface area contributed by atoms with Crippen LogP contribution in [0.4, 0.5) is 5.69 Å². The van der Waals surface area contributed by atoms with Gasteiger partial charge in [-0.15, -0.1) is 0 Å². The zero-order chi connectivity index (χ0) is 31.2. The zero-order valence-electron chi connectivity index (χ0n) is 24.3. The Kier molecular flexibility index (Phi) is 11.7. The summed E-state index contributed by atoms with van der Waals surface area (Å²) >= 11 is 19.3. The largest absolute Gasteiger partial charge is 0.352 e. The van der Waals surface area contributed by atoms with Crippen molar-refractivity contribution < 1.29 is 18.0 Å². The summed E-state index contributed by atoms with van der Waals surface area (Å²) in [6.07, 6.45) is 0.972. The number of amides is 2. The van der Waals surface area contributed by atoms with Gasteiger partial charge in [0.25, 0.3) is 10.0 Å². The van der Waals surface area contributed by atoms with E-state index < -0.39 is 28.5 Å². The molecule has 0 aliphatic rings. The van der Waals surface area contributed by atoms with E-state index in [4.69, 9.17) is 34.8 Å². The maximum Gasteiger partial charge on any atom is 0.264 e. The first-order chi connectivity index (χ1) is 19.8. The van der Waals surface area contributed by atoms with Crippen molar-refractivity contribution in [3.05, 3.63) is 92.4 Å². The molecule has 0 unspecified atom stereocenters. The maximum absolute atomic E-state index is 14.3. The first-order valence-electron chi connectivity index (χ1n) is 13.7. The van der Waals surface area contributed by atoms with Gasteiger partial charge in [0.1, 0.15) is 12.6 Å². The van der Waals surface area contributed by atoms with E-state index in [2.05, 4.69) is 5.32 Å². The molecule has 2 amide bonds. The van der Waals surface area contributed by atoms with E-state index in [0.29, 0.717) is 32.6 Å². The van der Waals surface area contributed by atoms with Gasteiger partial charge in [-0.2, -0.15) is 0 Å². The van der Waals surface area contributed by atoms with Crippen LogP contribution in [-0.2, 0) is 26.2 Å². The highest BCUT2D eigenvalue weighted by Crippen LogP contribution is 2.32. The number of halogens is 3. The van der Waals surface area contributed by atoms with Gasteiger partial charge < -0.3 is 10.2 Å². The first kappa shape index (κ1) is 33.7. The summed E-state index contributed by atoms with van der Waals surface area (Å²) in [5.41, 5.74) is 2.08. The molecular formula is C31H36Cl3N3O4S. The third-order valence-electron chi connectivity index (χ3n) is 7.17. The van der Waals surface area contributed by atoms with Crippen LogP contribution >= 0.6 is 34.8 Å². The van der Waals surface area contributed by atoms with E-state index in [0.717, 1.165) is 9.87 Å². The highest BCUT2D eigenvalue weighted by Gasteiger charge is 2.35. The lowest BCUT2D eigenvalue weighted by molar-refractivity contribution is -0.140. The van der Waals surface area contributed by atoms with E-state index in [1.807, 2.05) is 20.8 Å². The summed E-state index contributed by atoms with van der Waals surface area (Å²) in [5, 5.41) is 3.95. The molecule has 0 heterocycles. The van der Waals surface area contributed by atoms with Crippen LogP contribution in [0.2, 0.25) is 15.1 Å². The van der Waals surface area contributed by atoms with Gasteiger partial charge in [0.2, 0.25) is 11.8 Å². The number of anilines is 1. The van der Waals surface area contributed by atoms with Crippen molar-refractivity contribution in [2.24, 2.45) is 0 Å².